The monoisotopic (exact) mass is 296 g/mol. The van der Waals surface area contributed by atoms with E-state index in [-0.39, 0.29) is 0 Å². The normalized spacial score (nSPS) is 15.2. The van der Waals surface area contributed by atoms with Crippen molar-refractivity contribution in [2.75, 3.05) is 13.1 Å². The Morgan fingerprint density at radius 1 is 1.17 bits per heavy atom. The summed E-state index contributed by atoms with van der Waals surface area (Å²) in [6, 6.07) is -0.703. The van der Waals surface area contributed by atoms with Crippen molar-refractivity contribution < 1.29 is 26.3 Å². The third-order valence-electron chi connectivity index (χ3n) is 2.27. The van der Waals surface area contributed by atoms with Gasteiger partial charge in [0.1, 0.15) is 5.92 Å². The Bertz CT molecular complexity index is 286. The molecule has 1 unspecified atom stereocenters. The molecule has 18 heavy (non-hydrogen) atoms. The van der Waals surface area contributed by atoms with Gasteiger partial charge in [-0.25, -0.2) is 0 Å². The topological polar surface area (TPSA) is 29.3 Å². The maximum atomic E-state index is 12.6. The van der Waals surface area contributed by atoms with E-state index in [9.17, 15) is 26.3 Å². The average Bonchev–Trinajstić information content (AvgIpc) is 2.06. The number of hydrogen-bond acceptors (Lipinski definition) is 2. The lowest BCUT2D eigenvalue weighted by atomic mass is 10.1. The first kappa shape index (κ1) is 17.4. The molecule has 0 aliphatic rings. The maximum absolute atomic E-state index is 12.6. The molecule has 0 aliphatic carbocycles. The zero-order valence-electron chi connectivity index (χ0n) is 9.77. The maximum Gasteiger partial charge on any atom is 0.401 e. The van der Waals surface area contributed by atoms with Crippen molar-refractivity contribution >= 4 is 17.2 Å². The second-order valence-corrected chi connectivity index (χ2v) is 4.61. The minimum Gasteiger partial charge on any atom is -0.393 e. The van der Waals surface area contributed by atoms with Gasteiger partial charge in [0, 0.05) is 12.6 Å². The van der Waals surface area contributed by atoms with Crippen LogP contribution in [0, 0.1) is 5.92 Å². The third kappa shape index (κ3) is 6.39. The van der Waals surface area contributed by atoms with E-state index in [2.05, 4.69) is 12.2 Å². The number of thiocarbonyl (C=S) groups is 1. The first-order valence-electron chi connectivity index (χ1n) is 5.01. The molecule has 0 rings (SSSR count). The van der Waals surface area contributed by atoms with Gasteiger partial charge in [-0.15, -0.1) is 0 Å². The van der Waals surface area contributed by atoms with Gasteiger partial charge < -0.3 is 5.73 Å². The number of alkyl halides is 6. The molecule has 0 bridgehead atoms. The number of halogens is 6. The summed E-state index contributed by atoms with van der Waals surface area (Å²) in [7, 11) is 0. The Morgan fingerprint density at radius 3 is 1.83 bits per heavy atom. The summed E-state index contributed by atoms with van der Waals surface area (Å²) in [5.74, 6) is -2.24. The molecule has 0 aliphatic heterocycles. The van der Waals surface area contributed by atoms with Gasteiger partial charge >= 0.3 is 12.4 Å². The Morgan fingerprint density at radius 2 is 1.61 bits per heavy atom. The standard InChI is InChI=1S/C9H14F6N2S/c1-5(2)17(4-8(10,11)12)3-6(7(16)18)9(13,14)15/h5-6H,3-4H2,1-2H3,(H2,16,18). The van der Waals surface area contributed by atoms with Crippen LogP contribution >= 0.6 is 12.2 Å². The number of nitrogens with two attached hydrogens (primary N) is 1. The van der Waals surface area contributed by atoms with Crippen LogP contribution in [0.25, 0.3) is 0 Å². The number of rotatable bonds is 5. The molecule has 108 valence electrons. The molecule has 0 heterocycles. The summed E-state index contributed by atoms with van der Waals surface area (Å²) in [6.45, 7) is 0.424. The first-order chi connectivity index (χ1) is 7.84. The average molecular weight is 296 g/mol. The smallest absolute Gasteiger partial charge is 0.393 e. The molecule has 1 atom stereocenters. The van der Waals surface area contributed by atoms with Crippen molar-refractivity contribution in [1.29, 1.82) is 0 Å². The molecule has 0 radical (unpaired) electrons. The van der Waals surface area contributed by atoms with Crippen LogP contribution < -0.4 is 5.73 Å². The van der Waals surface area contributed by atoms with Crippen LogP contribution in [0.3, 0.4) is 0 Å². The lowest BCUT2D eigenvalue weighted by Gasteiger charge is -2.31. The Balaban J connectivity index is 4.90. The van der Waals surface area contributed by atoms with E-state index in [0.29, 0.717) is 4.90 Å². The molecule has 0 aromatic heterocycles. The van der Waals surface area contributed by atoms with Crippen LogP contribution in [0.2, 0.25) is 0 Å². The third-order valence-corrected chi connectivity index (χ3v) is 2.55. The SMILES string of the molecule is CC(C)N(CC(C(N)=S)C(F)(F)F)CC(F)(F)F. The zero-order valence-corrected chi connectivity index (χ0v) is 10.6. The van der Waals surface area contributed by atoms with Crippen molar-refractivity contribution in [3.63, 3.8) is 0 Å². The molecule has 2 nitrogen and oxygen atoms in total. The van der Waals surface area contributed by atoms with Crippen molar-refractivity contribution in [2.24, 2.45) is 11.7 Å². The van der Waals surface area contributed by atoms with Gasteiger partial charge in [-0.05, 0) is 13.8 Å². The highest BCUT2D eigenvalue weighted by molar-refractivity contribution is 7.80. The second-order valence-electron chi connectivity index (χ2n) is 4.13. The predicted octanol–water partition coefficient (Wildman–Crippen LogP) is 2.72. The largest absolute Gasteiger partial charge is 0.401 e. The molecule has 0 saturated heterocycles. The quantitative estimate of drug-likeness (QED) is 0.625. The molecule has 9 heteroatoms. The van der Waals surface area contributed by atoms with Gasteiger partial charge in [0.15, 0.2) is 0 Å². The van der Waals surface area contributed by atoms with Crippen LogP contribution in [0.4, 0.5) is 26.3 Å². The van der Waals surface area contributed by atoms with Gasteiger partial charge in [0.25, 0.3) is 0 Å². The van der Waals surface area contributed by atoms with Gasteiger partial charge in [0.2, 0.25) is 0 Å². The highest BCUT2D eigenvalue weighted by Crippen LogP contribution is 2.29. The molecule has 0 fully saturated rings. The van der Waals surface area contributed by atoms with E-state index >= 15 is 0 Å². The fourth-order valence-electron chi connectivity index (χ4n) is 1.28. The van der Waals surface area contributed by atoms with E-state index in [1.165, 1.54) is 13.8 Å². The number of hydrogen-bond donors (Lipinski definition) is 1. The van der Waals surface area contributed by atoms with Crippen molar-refractivity contribution in [3.05, 3.63) is 0 Å². The van der Waals surface area contributed by atoms with Crippen molar-refractivity contribution in [3.8, 4) is 0 Å². The Hall–Kier alpha value is -0.570. The molecule has 0 amide bonds. The van der Waals surface area contributed by atoms with Gasteiger partial charge in [-0.3, -0.25) is 4.90 Å². The molecule has 2 N–H and O–H groups in total. The Labute approximate surface area is 106 Å². The molecule has 0 spiro atoms. The second kappa shape index (κ2) is 6.05. The van der Waals surface area contributed by atoms with Crippen LogP contribution in [0.1, 0.15) is 13.8 Å². The van der Waals surface area contributed by atoms with Gasteiger partial charge in [-0.1, -0.05) is 12.2 Å². The van der Waals surface area contributed by atoms with Gasteiger partial charge in [-0.2, -0.15) is 26.3 Å². The first-order valence-corrected chi connectivity index (χ1v) is 5.42. The molecule has 0 aromatic rings. The van der Waals surface area contributed by atoms with E-state index < -0.39 is 42.4 Å². The minimum absolute atomic E-state index is 0.650. The van der Waals surface area contributed by atoms with E-state index in [1.807, 2.05) is 0 Å². The highest BCUT2D eigenvalue weighted by atomic mass is 32.1. The van der Waals surface area contributed by atoms with Crippen LogP contribution in [0.15, 0.2) is 0 Å². The highest BCUT2D eigenvalue weighted by Gasteiger charge is 2.44. The molecular formula is C9H14F6N2S. The van der Waals surface area contributed by atoms with Crippen LogP contribution in [0.5, 0.6) is 0 Å². The molecule has 0 aromatic carbocycles. The van der Waals surface area contributed by atoms with E-state index in [1.54, 1.807) is 0 Å². The molecule has 0 saturated carbocycles. The fraction of sp³-hybridized carbons (Fsp3) is 0.889. The summed E-state index contributed by atoms with van der Waals surface area (Å²) < 4.78 is 74.3. The van der Waals surface area contributed by atoms with Gasteiger partial charge in [0.05, 0.1) is 11.5 Å². The summed E-state index contributed by atoms with van der Waals surface area (Å²) in [5, 5.41) is 0. The van der Waals surface area contributed by atoms with E-state index in [0.717, 1.165) is 0 Å². The lowest BCUT2D eigenvalue weighted by molar-refractivity contribution is -0.176. The van der Waals surface area contributed by atoms with Crippen LogP contribution in [-0.4, -0.2) is 41.4 Å². The predicted molar refractivity (Wildman–Crippen MR) is 59.1 cm³/mol. The fourth-order valence-corrected chi connectivity index (χ4v) is 1.49. The summed E-state index contributed by atoms with van der Waals surface area (Å²) >= 11 is 4.26. The number of nitrogens with zero attached hydrogens (tertiary/aromatic N) is 1. The lowest BCUT2D eigenvalue weighted by Crippen LogP contribution is -2.48. The summed E-state index contributed by atoms with van der Waals surface area (Å²) in [6.07, 6.45) is -9.32. The summed E-state index contributed by atoms with van der Waals surface area (Å²) in [4.78, 5) is -0.201. The van der Waals surface area contributed by atoms with Crippen molar-refractivity contribution in [1.82, 2.24) is 4.90 Å². The minimum atomic E-state index is -4.75. The van der Waals surface area contributed by atoms with Crippen LogP contribution in [-0.2, 0) is 0 Å². The van der Waals surface area contributed by atoms with E-state index in [4.69, 9.17) is 5.73 Å². The zero-order chi connectivity index (χ0) is 14.7. The van der Waals surface area contributed by atoms with Crippen molar-refractivity contribution in [2.45, 2.75) is 32.2 Å². The Kier molecular flexibility index (Phi) is 5.86. The summed E-state index contributed by atoms with van der Waals surface area (Å²) in [5.41, 5.74) is 4.94. The molecular weight excluding hydrogens is 282 g/mol.